The zero-order valence-electron chi connectivity index (χ0n) is 21.3. The second-order valence-corrected chi connectivity index (χ2v) is 10.5. The summed E-state index contributed by atoms with van der Waals surface area (Å²) in [6.07, 6.45) is 1.58. The van der Waals surface area contributed by atoms with Gasteiger partial charge in [0.05, 0.1) is 22.7 Å². The number of rotatable bonds is 7. The Morgan fingerprint density at radius 1 is 0.622 bits per heavy atom. The molecule has 37 heavy (non-hydrogen) atoms. The van der Waals surface area contributed by atoms with Gasteiger partial charge in [0.25, 0.3) is 0 Å². The molecule has 2 amide bonds. The maximum Gasteiger partial charge on any atom is 0.234 e. The highest BCUT2D eigenvalue weighted by atomic mass is 16.2. The van der Waals surface area contributed by atoms with Crippen LogP contribution in [0.4, 0.5) is 0 Å². The smallest absolute Gasteiger partial charge is 0.234 e. The third kappa shape index (κ3) is 2.99. The van der Waals surface area contributed by atoms with Crippen LogP contribution in [0.5, 0.6) is 0 Å². The van der Waals surface area contributed by atoms with E-state index in [2.05, 4.69) is 0 Å². The molecule has 0 radical (unpaired) electrons. The molecule has 0 aromatic heterocycles. The molecule has 3 aliphatic rings. The first-order chi connectivity index (χ1) is 18.0. The minimum absolute atomic E-state index is 0.0575. The van der Waals surface area contributed by atoms with Crippen LogP contribution in [-0.2, 0) is 20.8 Å². The average molecular weight is 490 g/mol. The summed E-state index contributed by atoms with van der Waals surface area (Å²) < 4.78 is 0. The third-order valence-corrected chi connectivity index (χ3v) is 9.12. The van der Waals surface area contributed by atoms with Crippen LogP contribution in [0.3, 0.4) is 0 Å². The lowest BCUT2D eigenvalue weighted by Crippen LogP contribution is -2.42. The summed E-state index contributed by atoms with van der Waals surface area (Å²) in [5, 5.41) is 0. The molecule has 1 saturated carbocycles. The number of hydrogen-bond donors (Lipinski definition) is 0. The van der Waals surface area contributed by atoms with Gasteiger partial charge in [0, 0.05) is 6.54 Å². The van der Waals surface area contributed by atoms with E-state index in [1.165, 1.54) is 4.90 Å². The number of nitrogens with zero attached hydrogens (tertiary/aromatic N) is 1. The number of Topliss-reactive ketones (excluding diaryl/α,β-unsaturated/α-hetero) is 1. The summed E-state index contributed by atoms with van der Waals surface area (Å²) in [5.74, 6) is -1.62. The highest BCUT2D eigenvalue weighted by Gasteiger charge is 2.80. The van der Waals surface area contributed by atoms with E-state index >= 15 is 0 Å². The van der Waals surface area contributed by atoms with E-state index in [4.69, 9.17) is 0 Å². The molecule has 1 heterocycles. The Morgan fingerprint density at radius 3 is 1.43 bits per heavy atom. The van der Waals surface area contributed by atoms with Crippen LogP contribution < -0.4 is 0 Å². The van der Waals surface area contributed by atoms with E-state index in [0.717, 1.165) is 27.8 Å². The van der Waals surface area contributed by atoms with E-state index in [1.54, 1.807) is 0 Å². The van der Waals surface area contributed by atoms with Crippen LogP contribution in [0.15, 0.2) is 91.0 Å². The molecule has 2 fully saturated rings. The van der Waals surface area contributed by atoms with Crippen molar-refractivity contribution < 1.29 is 14.4 Å². The highest BCUT2D eigenvalue weighted by Crippen LogP contribution is 2.75. The molecule has 2 bridgehead atoms. The van der Waals surface area contributed by atoms with E-state index in [9.17, 15) is 14.4 Å². The number of hydrogen-bond acceptors (Lipinski definition) is 3. The first-order valence-corrected chi connectivity index (χ1v) is 13.3. The van der Waals surface area contributed by atoms with Gasteiger partial charge in [0.15, 0.2) is 5.78 Å². The maximum absolute atomic E-state index is 14.7. The third-order valence-electron chi connectivity index (χ3n) is 9.12. The van der Waals surface area contributed by atoms with Gasteiger partial charge in [-0.2, -0.15) is 0 Å². The van der Waals surface area contributed by atoms with Gasteiger partial charge in [-0.1, -0.05) is 105 Å². The number of carbonyl (C=O) groups excluding carboxylic acids is 3. The predicted octanol–water partition coefficient (Wildman–Crippen LogP) is 5.83. The number of allylic oxidation sites excluding steroid dienone is 2. The molecule has 186 valence electrons. The number of likely N-dealkylation sites (tertiary alicyclic amines) is 1. The van der Waals surface area contributed by atoms with Crippen molar-refractivity contribution in [1.82, 2.24) is 4.90 Å². The van der Waals surface area contributed by atoms with Crippen molar-refractivity contribution in [2.24, 2.45) is 22.7 Å². The van der Waals surface area contributed by atoms with Gasteiger partial charge >= 0.3 is 0 Å². The van der Waals surface area contributed by atoms with Crippen LogP contribution in [0.1, 0.15) is 43.4 Å². The molecule has 4 atom stereocenters. The van der Waals surface area contributed by atoms with E-state index in [0.29, 0.717) is 25.8 Å². The van der Waals surface area contributed by atoms with Crippen LogP contribution in [0.25, 0.3) is 11.1 Å². The van der Waals surface area contributed by atoms with Crippen molar-refractivity contribution in [1.29, 1.82) is 0 Å². The number of carbonyl (C=O) groups is 3. The predicted molar refractivity (Wildman–Crippen MR) is 144 cm³/mol. The fraction of sp³-hybridized carbons (Fsp3) is 0.303. The topological polar surface area (TPSA) is 54.5 Å². The minimum Gasteiger partial charge on any atom is -0.298 e. The van der Waals surface area contributed by atoms with Crippen LogP contribution >= 0.6 is 0 Å². The SMILES string of the molecule is CC[C@]12C(=O)[C@](CC)(C(c3ccccc3)=C1c1ccccc1)[C@@H]1C(=O)N(CCc3ccccc3)C(=O)[C@H]12. The number of benzene rings is 3. The van der Waals surface area contributed by atoms with E-state index < -0.39 is 22.7 Å². The van der Waals surface area contributed by atoms with Crippen LogP contribution in [-0.4, -0.2) is 29.0 Å². The Hall–Kier alpha value is -3.79. The molecule has 3 aromatic carbocycles. The monoisotopic (exact) mass is 489 g/mol. The lowest BCUT2D eigenvalue weighted by atomic mass is 9.60. The standard InChI is InChI=1S/C33H31NO3/c1-3-32-25(23-16-10-6-11-17-23)26(24-18-12-7-13-19-24)33(4-2,31(32)37)28-27(32)29(35)34(30(28)36)21-20-22-14-8-5-9-15-22/h5-19,27-28H,3-4,20-21H2,1-2H3/t27-,28-,32-,33+/m0/s1. The summed E-state index contributed by atoms with van der Waals surface area (Å²) in [6, 6.07) is 29.9. The number of imide groups is 1. The Morgan fingerprint density at radius 2 is 1.03 bits per heavy atom. The fourth-order valence-corrected chi connectivity index (χ4v) is 7.62. The molecule has 0 unspecified atom stereocenters. The second-order valence-electron chi connectivity index (χ2n) is 10.5. The molecular weight excluding hydrogens is 458 g/mol. The van der Waals surface area contributed by atoms with Crippen molar-refractivity contribution in [3.8, 4) is 0 Å². The zero-order chi connectivity index (χ0) is 25.8. The van der Waals surface area contributed by atoms with E-state index in [-0.39, 0.29) is 17.6 Å². The summed E-state index contributed by atoms with van der Waals surface area (Å²) >= 11 is 0. The van der Waals surface area contributed by atoms with E-state index in [1.807, 2.05) is 105 Å². The largest absolute Gasteiger partial charge is 0.298 e. The molecule has 4 nitrogen and oxygen atoms in total. The van der Waals surface area contributed by atoms with Gasteiger partial charge in [-0.3, -0.25) is 19.3 Å². The van der Waals surface area contributed by atoms with Gasteiger partial charge in [-0.05, 0) is 47.1 Å². The number of fused-ring (bicyclic) bond motifs is 5. The molecule has 4 heteroatoms. The molecule has 3 aromatic rings. The Kier molecular flexibility index (Phi) is 5.52. The van der Waals surface area contributed by atoms with Gasteiger partial charge < -0.3 is 0 Å². The molecule has 0 N–H and O–H groups in total. The van der Waals surface area contributed by atoms with Crippen molar-refractivity contribution in [2.75, 3.05) is 6.54 Å². The molecule has 2 aliphatic carbocycles. The van der Waals surface area contributed by atoms with Gasteiger partial charge in [0.2, 0.25) is 11.8 Å². The zero-order valence-corrected chi connectivity index (χ0v) is 21.3. The molecule has 1 saturated heterocycles. The molecule has 1 aliphatic heterocycles. The lowest BCUT2D eigenvalue weighted by Gasteiger charge is -2.38. The summed E-state index contributed by atoms with van der Waals surface area (Å²) in [5.41, 5.74) is 2.88. The van der Waals surface area contributed by atoms with Crippen molar-refractivity contribution >= 4 is 28.7 Å². The van der Waals surface area contributed by atoms with Gasteiger partial charge in [-0.15, -0.1) is 0 Å². The Bertz CT molecular complexity index is 1330. The number of ketones is 1. The molecule has 6 rings (SSSR count). The minimum atomic E-state index is -1.01. The van der Waals surface area contributed by atoms with Crippen molar-refractivity contribution in [3.63, 3.8) is 0 Å². The fourth-order valence-electron chi connectivity index (χ4n) is 7.62. The van der Waals surface area contributed by atoms with Crippen LogP contribution in [0.2, 0.25) is 0 Å². The van der Waals surface area contributed by atoms with Crippen LogP contribution in [0, 0.1) is 22.7 Å². The van der Waals surface area contributed by atoms with Crippen molar-refractivity contribution in [3.05, 3.63) is 108 Å². The van der Waals surface area contributed by atoms with Crippen molar-refractivity contribution in [2.45, 2.75) is 33.1 Å². The first-order valence-electron chi connectivity index (χ1n) is 13.3. The Labute approximate surface area is 218 Å². The average Bonchev–Trinajstić information content (AvgIpc) is 3.44. The number of amides is 2. The Balaban J connectivity index is 1.55. The second kappa shape index (κ2) is 8.65. The molecular formula is C33H31NO3. The quantitative estimate of drug-likeness (QED) is 0.393. The lowest BCUT2D eigenvalue weighted by molar-refractivity contribution is -0.145. The summed E-state index contributed by atoms with van der Waals surface area (Å²) in [7, 11) is 0. The first kappa shape index (κ1) is 23.6. The van der Waals surface area contributed by atoms with Gasteiger partial charge in [-0.25, -0.2) is 0 Å². The summed E-state index contributed by atoms with van der Waals surface area (Å²) in [6.45, 7) is 4.34. The van der Waals surface area contributed by atoms with Gasteiger partial charge in [0.1, 0.15) is 0 Å². The summed E-state index contributed by atoms with van der Waals surface area (Å²) in [4.78, 5) is 44.4. The highest BCUT2D eigenvalue weighted by molar-refractivity contribution is 6.29. The maximum atomic E-state index is 14.7. The molecule has 0 spiro atoms. The normalized spacial score (nSPS) is 28.4.